The second kappa shape index (κ2) is 8.17. The SMILES string of the molecule is COC1CCC(C(=O)C2CCCCC2[N+](=O)[O-])C(OC)C1OC. The summed E-state index contributed by atoms with van der Waals surface area (Å²) < 4.78 is 16.5. The minimum Gasteiger partial charge on any atom is -0.379 e. The van der Waals surface area contributed by atoms with E-state index in [-0.39, 0.29) is 28.8 Å². The number of hydrogen-bond donors (Lipinski definition) is 0. The predicted molar refractivity (Wildman–Crippen MR) is 82.9 cm³/mol. The molecule has 0 N–H and O–H groups in total. The molecule has 2 saturated carbocycles. The topological polar surface area (TPSA) is 87.9 Å². The molecule has 0 aromatic carbocycles. The fraction of sp³-hybridized carbons (Fsp3) is 0.938. The molecule has 0 saturated heterocycles. The zero-order valence-corrected chi connectivity index (χ0v) is 14.1. The van der Waals surface area contributed by atoms with E-state index in [0.29, 0.717) is 25.7 Å². The maximum atomic E-state index is 13.0. The van der Waals surface area contributed by atoms with Crippen LogP contribution in [0.5, 0.6) is 0 Å². The normalized spacial score (nSPS) is 38.2. The van der Waals surface area contributed by atoms with Gasteiger partial charge in [0.15, 0.2) is 0 Å². The molecule has 7 nitrogen and oxygen atoms in total. The number of methoxy groups -OCH3 is 3. The first-order valence-corrected chi connectivity index (χ1v) is 8.30. The van der Waals surface area contributed by atoms with Gasteiger partial charge in [-0.05, 0) is 25.7 Å². The Kier molecular flexibility index (Phi) is 6.50. The van der Waals surface area contributed by atoms with E-state index in [1.807, 2.05) is 0 Å². The van der Waals surface area contributed by atoms with Gasteiger partial charge < -0.3 is 14.2 Å². The summed E-state index contributed by atoms with van der Waals surface area (Å²) in [4.78, 5) is 24.0. The molecule has 7 heteroatoms. The van der Waals surface area contributed by atoms with E-state index in [1.165, 1.54) is 0 Å². The molecule has 0 radical (unpaired) electrons. The highest BCUT2D eigenvalue weighted by molar-refractivity contribution is 5.84. The van der Waals surface area contributed by atoms with E-state index in [1.54, 1.807) is 21.3 Å². The zero-order valence-electron chi connectivity index (χ0n) is 14.1. The van der Waals surface area contributed by atoms with Crippen molar-refractivity contribution in [1.29, 1.82) is 0 Å². The van der Waals surface area contributed by atoms with Gasteiger partial charge in [0.2, 0.25) is 6.04 Å². The Hall–Kier alpha value is -1.05. The number of ketones is 1. The van der Waals surface area contributed by atoms with Gasteiger partial charge in [0.1, 0.15) is 11.9 Å². The highest BCUT2D eigenvalue weighted by atomic mass is 16.6. The highest BCUT2D eigenvalue weighted by Crippen LogP contribution is 2.36. The molecule has 0 amide bonds. The van der Waals surface area contributed by atoms with Crippen LogP contribution >= 0.6 is 0 Å². The maximum Gasteiger partial charge on any atom is 0.222 e. The van der Waals surface area contributed by atoms with Crippen molar-refractivity contribution in [2.24, 2.45) is 11.8 Å². The number of ether oxygens (including phenoxy) is 3. The lowest BCUT2D eigenvalue weighted by Gasteiger charge is -2.41. The fourth-order valence-electron chi connectivity index (χ4n) is 4.22. The van der Waals surface area contributed by atoms with Gasteiger partial charge in [0.25, 0.3) is 0 Å². The zero-order chi connectivity index (χ0) is 17.0. The summed E-state index contributed by atoms with van der Waals surface area (Å²) in [6, 6.07) is -0.755. The molecule has 2 rings (SSSR count). The average molecular weight is 329 g/mol. The third kappa shape index (κ3) is 3.72. The van der Waals surface area contributed by atoms with Crippen LogP contribution in [-0.2, 0) is 19.0 Å². The number of nitrogens with zero attached hydrogens (tertiary/aromatic N) is 1. The summed E-state index contributed by atoms with van der Waals surface area (Å²) >= 11 is 0. The van der Waals surface area contributed by atoms with E-state index in [0.717, 1.165) is 12.8 Å². The monoisotopic (exact) mass is 329 g/mol. The summed E-state index contributed by atoms with van der Waals surface area (Å²) in [5.74, 6) is -0.894. The van der Waals surface area contributed by atoms with Gasteiger partial charge in [-0.1, -0.05) is 6.42 Å². The minimum absolute atomic E-state index is 0.0325. The molecule has 0 aromatic rings. The van der Waals surface area contributed by atoms with Crippen LogP contribution in [0.15, 0.2) is 0 Å². The van der Waals surface area contributed by atoms with E-state index < -0.39 is 18.1 Å². The van der Waals surface area contributed by atoms with Crippen LogP contribution in [-0.4, -0.2) is 56.4 Å². The average Bonchev–Trinajstić information content (AvgIpc) is 2.59. The summed E-state index contributed by atoms with van der Waals surface area (Å²) in [5.41, 5.74) is 0. The first-order chi connectivity index (χ1) is 11.0. The van der Waals surface area contributed by atoms with Gasteiger partial charge in [0, 0.05) is 38.6 Å². The van der Waals surface area contributed by atoms with Crippen molar-refractivity contribution >= 4 is 5.78 Å². The molecule has 132 valence electrons. The van der Waals surface area contributed by atoms with Gasteiger partial charge in [-0.25, -0.2) is 0 Å². The standard InChI is InChI=1S/C16H27NO6/c1-21-13-9-8-11(15(22-2)16(13)23-3)14(18)10-6-4-5-7-12(10)17(19)20/h10-13,15-16H,4-9H2,1-3H3. The molecule has 0 heterocycles. The molecular formula is C16H27NO6. The van der Waals surface area contributed by atoms with E-state index in [4.69, 9.17) is 14.2 Å². The molecule has 2 aliphatic carbocycles. The van der Waals surface area contributed by atoms with Crippen molar-refractivity contribution in [2.75, 3.05) is 21.3 Å². The Morgan fingerprint density at radius 3 is 2.13 bits per heavy atom. The molecule has 0 bridgehead atoms. The fourth-order valence-corrected chi connectivity index (χ4v) is 4.22. The molecule has 0 spiro atoms. The molecule has 2 fully saturated rings. The number of nitro groups is 1. The first kappa shape index (κ1) is 18.3. The number of hydrogen-bond acceptors (Lipinski definition) is 6. The number of rotatable bonds is 6. The van der Waals surface area contributed by atoms with Crippen molar-refractivity contribution in [3.63, 3.8) is 0 Å². The van der Waals surface area contributed by atoms with Gasteiger partial charge in [0.05, 0.1) is 18.1 Å². The minimum atomic E-state index is -0.755. The lowest BCUT2D eigenvalue weighted by atomic mass is 9.72. The Labute approximate surface area is 136 Å². The lowest BCUT2D eigenvalue weighted by Crippen LogP contribution is -2.53. The largest absolute Gasteiger partial charge is 0.379 e. The lowest BCUT2D eigenvalue weighted by molar-refractivity contribution is -0.532. The second-order valence-electron chi connectivity index (χ2n) is 6.50. The number of Topliss-reactive ketones (excluding diaryl/α,β-unsaturated/α-hetero) is 1. The van der Waals surface area contributed by atoms with E-state index in [2.05, 4.69) is 0 Å². The molecule has 6 unspecified atom stereocenters. The van der Waals surface area contributed by atoms with Crippen LogP contribution in [0.3, 0.4) is 0 Å². The molecular weight excluding hydrogens is 302 g/mol. The second-order valence-corrected chi connectivity index (χ2v) is 6.50. The Morgan fingerprint density at radius 2 is 1.57 bits per heavy atom. The van der Waals surface area contributed by atoms with Crippen molar-refractivity contribution < 1.29 is 23.9 Å². The molecule has 23 heavy (non-hydrogen) atoms. The third-order valence-corrected chi connectivity index (χ3v) is 5.43. The van der Waals surface area contributed by atoms with Gasteiger partial charge in [-0.15, -0.1) is 0 Å². The molecule has 0 aromatic heterocycles. The predicted octanol–water partition coefficient (Wildman–Crippen LogP) is 1.85. The van der Waals surface area contributed by atoms with Crippen molar-refractivity contribution in [3.05, 3.63) is 10.1 Å². The van der Waals surface area contributed by atoms with Gasteiger partial charge >= 0.3 is 0 Å². The number of carbonyl (C=O) groups excluding carboxylic acids is 1. The van der Waals surface area contributed by atoms with Crippen LogP contribution in [0.1, 0.15) is 38.5 Å². The highest BCUT2D eigenvalue weighted by Gasteiger charge is 2.48. The van der Waals surface area contributed by atoms with E-state index >= 15 is 0 Å². The van der Waals surface area contributed by atoms with Crippen molar-refractivity contribution in [2.45, 2.75) is 62.9 Å². The Balaban J connectivity index is 2.18. The molecule has 6 atom stereocenters. The third-order valence-electron chi connectivity index (χ3n) is 5.43. The maximum absolute atomic E-state index is 13.0. The van der Waals surface area contributed by atoms with E-state index in [9.17, 15) is 14.9 Å². The number of carbonyl (C=O) groups is 1. The summed E-state index contributed by atoms with van der Waals surface area (Å²) in [6.07, 6.45) is 3.24. The van der Waals surface area contributed by atoms with Crippen LogP contribution < -0.4 is 0 Å². The van der Waals surface area contributed by atoms with Crippen LogP contribution in [0, 0.1) is 22.0 Å². The van der Waals surface area contributed by atoms with Crippen molar-refractivity contribution in [1.82, 2.24) is 0 Å². The van der Waals surface area contributed by atoms with Crippen LogP contribution in [0.2, 0.25) is 0 Å². The van der Waals surface area contributed by atoms with Crippen molar-refractivity contribution in [3.8, 4) is 0 Å². The quantitative estimate of drug-likeness (QED) is 0.546. The summed E-state index contributed by atoms with van der Waals surface area (Å²) in [5, 5.41) is 11.3. The summed E-state index contributed by atoms with van der Waals surface area (Å²) in [6.45, 7) is 0. The molecule has 2 aliphatic rings. The molecule has 0 aliphatic heterocycles. The Morgan fingerprint density at radius 1 is 0.913 bits per heavy atom. The smallest absolute Gasteiger partial charge is 0.222 e. The summed E-state index contributed by atoms with van der Waals surface area (Å²) in [7, 11) is 4.76. The van der Waals surface area contributed by atoms with Crippen LogP contribution in [0.4, 0.5) is 0 Å². The first-order valence-electron chi connectivity index (χ1n) is 8.30. The van der Waals surface area contributed by atoms with Crippen LogP contribution in [0.25, 0.3) is 0 Å². The van der Waals surface area contributed by atoms with Gasteiger partial charge in [-0.2, -0.15) is 0 Å². The van der Waals surface area contributed by atoms with Gasteiger partial charge in [-0.3, -0.25) is 14.9 Å². The Bertz CT molecular complexity index is 429.